The normalized spacial score (nSPS) is 36.8. The van der Waals surface area contributed by atoms with Crippen molar-refractivity contribution in [3.8, 4) is 0 Å². The van der Waals surface area contributed by atoms with Gasteiger partial charge in [0.1, 0.15) is 6.10 Å². The molecule has 4 heteroatoms. The van der Waals surface area contributed by atoms with Crippen LogP contribution in [-0.4, -0.2) is 30.1 Å². The average molecular weight is 284 g/mol. The van der Waals surface area contributed by atoms with E-state index >= 15 is 0 Å². The Morgan fingerprint density at radius 1 is 1.30 bits per heavy atom. The lowest BCUT2D eigenvalue weighted by atomic mass is 9.78. The maximum atomic E-state index is 11.7. The summed E-state index contributed by atoms with van der Waals surface area (Å²) in [5.41, 5.74) is 0. The highest BCUT2D eigenvalue weighted by Gasteiger charge is 2.33. The smallest absolute Gasteiger partial charge is 0.306 e. The molecule has 0 saturated carbocycles. The van der Waals surface area contributed by atoms with Crippen molar-refractivity contribution < 1.29 is 19.4 Å². The van der Waals surface area contributed by atoms with E-state index in [2.05, 4.69) is 20.8 Å². The zero-order valence-electron chi connectivity index (χ0n) is 12.9. The van der Waals surface area contributed by atoms with E-state index in [9.17, 15) is 9.90 Å². The Hall–Kier alpha value is -0.610. The van der Waals surface area contributed by atoms with Crippen LogP contribution in [0.15, 0.2) is 0 Å². The molecule has 0 aliphatic carbocycles. The number of hydrogen-bond acceptors (Lipinski definition) is 4. The van der Waals surface area contributed by atoms with Crippen molar-refractivity contribution in [1.29, 1.82) is 0 Å². The number of hydrogen-bond donors (Lipinski definition) is 1. The minimum absolute atomic E-state index is 0.0394. The van der Waals surface area contributed by atoms with Crippen molar-refractivity contribution in [1.82, 2.24) is 0 Å². The molecule has 2 aliphatic rings. The van der Waals surface area contributed by atoms with Gasteiger partial charge in [-0.05, 0) is 49.4 Å². The maximum Gasteiger partial charge on any atom is 0.306 e. The van der Waals surface area contributed by atoms with Gasteiger partial charge in [0.2, 0.25) is 0 Å². The minimum atomic E-state index is -0.576. The first-order valence-corrected chi connectivity index (χ1v) is 7.94. The van der Waals surface area contributed by atoms with Crippen LogP contribution in [0.5, 0.6) is 0 Å². The van der Waals surface area contributed by atoms with Crippen molar-refractivity contribution in [2.24, 2.45) is 23.7 Å². The molecule has 1 N–H and O–H groups in total. The third kappa shape index (κ3) is 4.19. The molecule has 0 radical (unpaired) electrons. The summed E-state index contributed by atoms with van der Waals surface area (Å²) in [4.78, 5) is 11.7. The lowest BCUT2D eigenvalue weighted by Gasteiger charge is -2.35. The summed E-state index contributed by atoms with van der Waals surface area (Å²) in [5, 5.41) is 9.38. The highest BCUT2D eigenvalue weighted by molar-refractivity contribution is 5.70. The summed E-state index contributed by atoms with van der Waals surface area (Å²) in [6.45, 7) is 7.11. The van der Waals surface area contributed by atoms with E-state index in [0.29, 0.717) is 36.7 Å². The molecule has 20 heavy (non-hydrogen) atoms. The zero-order valence-corrected chi connectivity index (χ0v) is 12.9. The first kappa shape index (κ1) is 15.8. The van der Waals surface area contributed by atoms with E-state index in [1.54, 1.807) is 0 Å². The van der Waals surface area contributed by atoms with Gasteiger partial charge in [-0.15, -0.1) is 0 Å². The number of esters is 1. The van der Waals surface area contributed by atoms with Gasteiger partial charge in [-0.1, -0.05) is 20.8 Å². The second kappa shape index (κ2) is 6.90. The number of aliphatic hydroxyl groups is 1. The standard InChI is InChI=1S/C16H28O4/c1-10(2)14-7-12(8-16(18)20-14)6-11(3)13-4-5-15(17)19-9-13/h10-15,17H,4-9H2,1-3H3. The third-order valence-electron chi connectivity index (χ3n) is 4.84. The number of rotatable bonds is 4. The molecule has 0 aromatic carbocycles. The summed E-state index contributed by atoms with van der Waals surface area (Å²) in [7, 11) is 0. The lowest BCUT2D eigenvalue weighted by Crippen LogP contribution is -2.35. The average Bonchev–Trinajstić information content (AvgIpc) is 2.38. The number of carbonyl (C=O) groups is 1. The van der Waals surface area contributed by atoms with E-state index in [4.69, 9.17) is 9.47 Å². The maximum absolute atomic E-state index is 11.7. The first-order chi connectivity index (χ1) is 9.45. The van der Waals surface area contributed by atoms with E-state index in [-0.39, 0.29) is 12.1 Å². The molecule has 5 unspecified atom stereocenters. The first-order valence-electron chi connectivity index (χ1n) is 7.94. The van der Waals surface area contributed by atoms with Crippen LogP contribution in [0.25, 0.3) is 0 Å². The van der Waals surface area contributed by atoms with E-state index in [1.807, 2.05) is 0 Å². The summed E-state index contributed by atoms with van der Waals surface area (Å²) >= 11 is 0. The quantitative estimate of drug-likeness (QED) is 0.807. The van der Waals surface area contributed by atoms with Gasteiger partial charge in [-0.3, -0.25) is 4.79 Å². The summed E-state index contributed by atoms with van der Waals surface area (Å²) in [6, 6.07) is 0. The van der Waals surface area contributed by atoms with Gasteiger partial charge in [-0.2, -0.15) is 0 Å². The molecule has 2 fully saturated rings. The molecule has 2 aliphatic heterocycles. The van der Waals surface area contributed by atoms with Crippen molar-refractivity contribution in [2.75, 3.05) is 6.61 Å². The number of cyclic esters (lactones) is 1. The molecule has 4 nitrogen and oxygen atoms in total. The molecular weight excluding hydrogens is 256 g/mol. The van der Waals surface area contributed by atoms with E-state index in [0.717, 1.165) is 25.7 Å². The number of carbonyl (C=O) groups excluding carboxylic acids is 1. The van der Waals surface area contributed by atoms with E-state index in [1.165, 1.54) is 0 Å². The third-order valence-corrected chi connectivity index (χ3v) is 4.84. The molecule has 5 atom stereocenters. The van der Waals surface area contributed by atoms with Crippen molar-refractivity contribution in [3.63, 3.8) is 0 Å². The number of ether oxygens (including phenoxy) is 2. The molecular formula is C16H28O4. The van der Waals surface area contributed by atoms with Crippen LogP contribution in [0.3, 0.4) is 0 Å². The van der Waals surface area contributed by atoms with Gasteiger partial charge in [0.25, 0.3) is 0 Å². The molecule has 0 bridgehead atoms. The van der Waals surface area contributed by atoms with Gasteiger partial charge in [-0.25, -0.2) is 0 Å². The van der Waals surface area contributed by atoms with Gasteiger partial charge >= 0.3 is 5.97 Å². The van der Waals surface area contributed by atoms with Gasteiger partial charge < -0.3 is 14.6 Å². The van der Waals surface area contributed by atoms with Crippen LogP contribution in [0.2, 0.25) is 0 Å². The predicted molar refractivity (Wildman–Crippen MR) is 75.9 cm³/mol. The predicted octanol–water partition coefficient (Wildman–Crippen LogP) is 2.74. The SMILES string of the molecule is CC(C)C1CC(CC(C)C2CCC(O)OC2)CC(=O)O1. The Morgan fingerprint density at radius 2 is 2.05 bits per heavy atom. The summed E-state index contributed by atoms with van der Waals surface area (Å²) < 4.78 is 10.8. The van der Waals surface area contributed by atoms with Crippen LogP contribution in [0.4, 0.5) is 0 Å². The lowest BCUT2D eigenvalue weighted by molar-refractivity contribution is -0.161. The monoisotopic (exact) mass is 284 g/mol. The highest BCUT2D eigenvalue weighted by Crippen LogP contribution is 2.34. The fraction of sp³-hybridized carbons (Fsp3) is 0.938. The second-order valence-electron chi connectivity index (χ2n) is 6.92. The summed E-state index contributed by atoms with van der Waals surface area (Å²) in [6.07, 6.45) is 3.87. The fourth-order valence-corrected chi connectivity index (χ4v) is 3.43. The van der Waals surface area contributed by atoms with Crippen LogP contribution >= 0.6 is 0 Å². The van der Waals surface area contributed by atoms with E-state index < -0.39 is 6.29 Å². The molecule has 2 heterocycles. The van der Waals surface area contributed by atoms with Crippen LogP contribution in [0, 0.1) is 23.7 Å². The zero-order chi connectivity index (χ0) is 14.7. The largest absolute Gasteiger partial charge is 0.462 e. The van der Waals surface area contributed by atoms with Crippen LogP contribution in [0.1, 0.15) is 52.9 Å². The molecule has 2 rings (SSSR count). The van der Waals surface area contributed by atoms with Crippen molar-refractivity contribution in [2.45, 2.75) is 65.3 Å². The Morgan fingerprint density at radius 3 is 2.65 bits per heavy atom. The molecule has 0 aromatic rings. The van der Waals surface area contributed by atoms with Crippen LogP contribution in [-0.2, 0) is 14.3 Å². The fourth-order valence-electron chi connectivity index (χ4n) is 3.43. The molecule has 0 aromatic heterocycles. The van der Waals surface area contributed by atoms with Crippen molar-refractivity contribution >= 4 is 5.97 Å². The Bertz CT molecular complexity index is 320. The van der Waals surface area contributed by atoms with Crippen molar-refractivity contribution in [3.05, 3.63) is 0 Å². The second-order valence-corrected chi connectivity index (χ2v) is 6.92. The molecule has 116 valence electrons. The molecule has 2 saturated heterocycles. The van der Waals surface area contributed by atoms with Crippen LogP contribution < -0.4 is 0 Å². The van der Waals surface area contributed by atoms with Gasteiger partial charge in [0.05, 0.1) is 6.61 Å². The van der Waals surface area contributed by atoms with Gasteiger partial charge in [0.15, 0.2) is 6.29 Å². The van der Waals surface area contributed by atoms with Gasteiger partial charge in [0, 0.05) is 6.42 Å². The Labute approximate surface area is 121 Å². The number of aliphatic hydroxyl groups excluding tert-OH is 1. The summed E-state index contributed by atoms with van der Waals surface area (Å²) in [5.74, 6) is 1.83. The highest BCUT2D eigenvalue weighted by atomic mass is 16.6. The molecule has 0 amide bonds. The minimum Gasteiger partial charge on any atom is -0.462 e. The topological polar surface area (TPSA) is 55.8 Å². The Balaban J connectivity index is 1.83. The molecule has 0 spiro atoms. The Kier molecular flexibility index (Phi) is 5.44.